The average molecular weight is 342 g/mol. The zero-order valence-electron chi connectivity index (χ0n) is 11.6. The summed E-state index contributed by atoms with van der Waals surface area (Å²) in [4.78, 5) is 10.6. The zero-order chi connectivity index (χ0) is 14.8. The number of hydrogen-bond donors (Lipinski definition) is 2. The number of benzene rings is 1. The number of rotatable bonds is 8. The molecule has 1 aromatic rings. The van der Waals surface area contributed by atoms with Crippen molar-refractivity contribution in [3.63, 3.8) is 0 Å². The normalized spacial score (nSPS) is 10.7. The molecule has 0 atom stereocenters. The van der Waals surface area contributed by atoms with Gasteiger partial charge in [0.15, 0.2) is 0 Å². The topological polar surface area (TPSA) is 76.7 Å². The molecule has 1 aromatic carbocycles. The highest BCUT2D eigenvalue weighted by Gasteiger charge is 2.03. The number of nitrogens with zero attached hydrogens (tertiary/aromatic N) is 1. The second-order valence-corrected chi connectivity index (χ2v) is 5.24. The molecule has 0 heterocycles. The molecule has 0 fully saturated rings. The van der Waals surface area contributed by atoms with E-state index in [1.807, 2.05) is 18.2 Å². The third kappa shape index (κ3) is 6.56. The molecule has 0 aliphatic rings. The van der Waals surface area contributed by atoms with Crippen LogP contribution in [0.5, 0.6) is 5.75 Å². The largest absolute Gasteiger partial charge is 0.493 e. The van der Waals surface area contributed by atoms with E-state index in [0.29, 0.717) is 6.61 Å². The number of halogens is 1. The fourth-order valence-corrected chi connectivity index (χ4v) is 2.01. The molecule has 3 N–H and O–H groups in total. The van der Waals surface area contributed by atoms with Crippen molar-refractivity contribution in [2.45, 2.75) is 32.6 Å². The fourth-order valence-electron chi connectivity index (χ4n) is 1.63. The Morgan fingerprint density at radius 1 is 1.45 bits per heavy atom. The highest BCUT2D eigenvalue weighted by atomic mass is 79.9. The Hall–Kier alpha value is -1.56. The van der Waals surface area contributed by atoms with E-state index in [2.05, 4.69) is 33.4 Å². The number of unbranched alkanes of at least 4 members (excludes halogenated alkanes) is 3. The van der Waals surface area contributed by atoms with Gasteiger partial charge in [0.05, 0.1) is 12.8 Å². The van der Waals surface area contributed by atoms with Crippen LogP contribution in [0.2, 0.25) is 0 Å². The summed E-state index contributed by atoms with van der Waals surface area (Å²) < 4.78 is 6.65. The van der Waals surface area contributed by atoms with Gasteiger partial charge in [0.25, 0.3) is 0 Å². The van der Waals surface area contributed by atoms with Crippen LogP contribution in [0.3, 0.4) is 0 Å². The van der Waals surface area contributed by atoms with Crippen molar-refractivity contribution < 1.29 is 9.53 Å². The molecule has 5 nitrogen and oxygen atoms in total. The van der Waals surface area contributed by atoms with E-state index in [1.54, 1.807) is 0 Å². The lowest BCUT2D eigenvalue weighted by Crippen LogP contribution is -2.24. The van der Waals surface area contributed by atoms with E-state index < -0.39 is 6.03 Å². The molecule has 0 aromatic heterocycles. The van der Waals surface area contributed by atoms with Gasteiger partial charge in [-0.1, -0.05) is 42.1 Å². The number of nitrogens with two attached hydrogens (primary N) is 1. The standard InChI is InChI=1S/C14H20BrN3O2/c1-2-3-4-5-8-20-13-7-6-12(15)9-11(13)10-17-18-14(16)19/h6-7,9-10H,2-5,8H2,1H3,(H3,16,18,19). The third-order valence-electron chi connectivity index (χ3n) is 2.61. The molecule has 2 amide bonds. The Morgan fingerprint density at radius 3 is 2.95 bits per heavy atom. The smallest absolute Gasteiger partial charge is 0.332 e. The maximum Gasteiger partial charge on any atom is 0.332 e. The number of hydrogen-bond acceptors (Lipinski definition) is 3. The lowest BCUT2D eigenvalue weighted by Gasteiger charge is -2.09. The Morgan fingerprint density at radius 2 is 2.25 bits per heavy atom. The summed E-state index contributed by atoms with van der Waals surface area (Å²) in [6.07, 6.45) is 6.13. The molecule has 0 aliphatic carbocycles. The van der Waals surface area contributed by atoms with E-state index in [-0.39, 0.29) is 0 Å². The van der Waals surface area contributed by atoms with Crippen LogP contribution in [0.15, 0.2) is 27.8 Å². The number of primary amides is 1. The van der Waals surface area contributed by atoms with Crippen molar-refractivity contribution in [1.82, 2.24) is 5.43 Å². The molecule has 0 saturated carbocycles. The van der Waals surface area contributed by atoms with Gasteiger partial charge in [0, 0.05) is 10.0 Å². The van der Waals surface area contributed by atoms with Crippen LogP contribution in [0, 0.1) is 0 Å². The van der Waals surface area contributed by atoms with Crippen molar-refractivity contribution >= 4 is 28.2 Å². The number of carbonyl (C=O) groups excluding carboxylic acids is 1. The quantitative estimate of drug-likeness (QED) is 0.431. The number of nitrogens with one attached hydrogen (secondary N) is 1. The fraction of sp³-hybridized carbons (Fsp3) is 0.429. The van der Waals surface area contributed by atoms with Gasteiger partial charge in [-0.3, -0.25) is 0 Å². The van der Waals surface area contributed by atoms with E-state index in [9.17, 15) is 4.79 Å². The number of amides is 2. The highest BCUT2D eigenvalue weighted by Crippen LogP contribution is 2.22. The van der Waals surface area contributed by atoms with E-state index in [4.69, 9.17) is 10.5 Å². The van der Waals surface area contributed by atoms with Crippen LogP contribution in [0.25, 0.3) is 0 Å². The predicted octanol–water partition coefficient (Wildman–Crippen LogP) is 3.41. The molecule has 0 unspecified atom stereocenters. The maximum absolute atomic E-state index is 10.6. The summed E-state index contributed by atoms with van der Waals surface area (Å²) in [5.74, 6) is 0.736. The molecule has 0 saturated heterocycles. The van der Waals surface area contributed by atoms with Crippen LogP contribution in [-0.2, 0) is 0 Å². The number of hydrazone groups is 1. The van der Waals surface area contributed by atoms with Crippen LogP contribution < -0.4 is 15.9 Å². The minimum Gasteiger partial charge on any atom is -0.493 e. The Bertz CT molecular complexity index is 464. The van der Waals surface area contributed by atoms with Gasteiger partial charge in [-0.15, -0.1) is 0 Å². The number of urea groups is 1. The predicted molar refractivity (Wildman–Crippen MR) is 84.1 cm³/mol. The third-order valence-corrected chi connectivity index (χ3v) is 3.10. The Kier molecular flexibility index (Phi) is 7.72. The number of ether oxygens (including phenoxy) is 1. The molecule has 6 heteroatoms. The number of carbonyl (C=O) groups is 1. The first kappa shape index (κ1) is 16.5. The van der Waals surface area contributed by atoms with Crippen molar-refractivity contribution in [3.8, 4) is 5.75 Å². The molecule has 0 aliphatic heterocycles. The molecule has 0 radical (unpaired) electrons. The first-order chi connectivity index (χ1) is 9.63. The van der Waals surface area contributed by atoms with Crippen LogP contribution >= 0.6 is 15.9 Å². The highest BCUT2D eigenvalue weighted by molar-refractivity contribution is 9.10. The Labute approximate surface area is 127 Å². The minimum atomic E-state index is -0.696. The van der Waals surface area contributed by atoms with Gasteiger partial charge < -0.3 is 10.5 Å². The summed E-state index contributed by atoms with van der Waals surface area (Å²) in [7, 11) is 0. The van der Waals surface area contributed by atoms with E-state index >= 15 is 0 Å². The first-order valence-corrected chi connectivity index (χ1v) is 7.43. The lowest BCUT2D eigenvalue weighted by molar-refractivity contribution is 0.249. The molecule has 1 rings (SSSR count). The molecule has 20 heavy (non-hydrogen) atoms. The average Bonchev–Trinajstić information content (AvgIpc) is 2.40. The van der Waals surface area contributed by atoms with Crippen LogP contribution in [0.4, 0.5) is 4.79 Å². The second kappa shape index (κ2) is 9.36. The zero-order valence-corrected chi connectivity index (χ0v) is 13.1. The van der Waals surface area contributed by atoms with Crippen molar-refractivity contribution in [2.24, 2.45) is 10.8 Å². The Balaban J connectivity index is 2.60. The van der Waals surface area contributed by atoms with Gasteiger partial charge in [-0.05, 0) is 24.6 Å². The van der Waals surface area contributed by atoms with Gasteiger partial charge in [0.1, 0.15) is 5.75 Å². The lowest BCUT2D eigenvalue weighted by atomic mass is 10.2. The maximum atomic E-state index is 10.6. The molecular weight excluding hydrogens is 322 g/mol. The summed E-state index contributed by atoms with van der Waals surface area (Å²) in [5.41, 5.74) is 7.89. The van der Waals surface area contributed by atoms with Crippen molar-refractivity contribution in [3.05, 3.63) is 28.2 Å². The van der Waals surface area contributed by atoms with Gasteiger partial charge >= 0.3 is 6.03 Å². The second-order valence-electron chi connectivity index (χ2n) is 4.33. The molecule has 110 valence electrons. The minimum absolute atomic E-state index is 0.672. The monoisotopic (exact) mass is 341 g/mol. The molecule has 0 bridgehead atoms. The van der Waals surface area contributed by atoms with Crippen molar-refractivity contribution in [2.75, 3.05) is 6.61 Å². The van der Waals surface area contributed by atoms with Crippen molar-refractivity contribution in [1.29, 1.82) is 0 Å². The van der Waals surface area contributed by atoms with E-state index in [1.165, 1.54) is 25.5 Å². The van der Waals surface area contributed by atoms with Crippen LogP contribution in [0.1, 0.15) is 38.2 Å². The summed E-state index contributed by atoms with van der Waals surface area (Å²) >= 11 is 3.39. The van der Waals surface area contributed by atoms with Crippen LogP contribution in [-0.4, -0.2) is 18.9 Å². The molecular formula is C14H20BrN3O2. The summed E-state index contributed by atoms with van der Waals surface area (Å²) in [5, 5.41) is 3.75. The summed E-state index contributed by atoms with van der Waals surface area (Å²) in [6.45, 7) is 2.85. The van der Waals surface area contributed by atoms with E-state index in [0.717, 1.165) is 22.2 Å². The SMILES string of the molecule is CCCCCCOc1ccc(Br)cc1C=NNC(N)=O. The van der Waals surface area contributed by atoms with Gasteiger partial charge in [0.2, 0.25) is 0 Å². The van der Waals surface area contributed by atoms with Gasteiger partial charge in [-0.2, -0.15) is 5.10 Å². The molecule has 0 spiro atoms. The van der Waals surface area contributed by atoms with Gasteiger partial charge in [-0.25, -0.2) is 10.2 Å². The first-order valence-electron chi connectivity index (χ1n) is 6.64. The summed E-state index contributed by atoms with van der Waals surface area (Å²) in [6, 6.07) is 4.95.